The summed E-state index contributed by atoms with van der Waals surface area (Å²) in [6.45, 7) is 10.5. The van der Waals surface area contributed by atoms with Gasteiger partial charge in [0, 0.05) is 24.7 Å². The molecular formula is C19H32N2. The minimum absolute atomic E-state index is 0.360. The Balaban J connectivity index is 2.08. The number of rotatable bonds is 7. The second kappa shape index (κ2) is 7.95. The molecule has 1 aliphatic rings. The van der Waals surface area contributed by atoms with Gasteiger partial charge >= 0.3 is 0 Å². The predicted molar refractivity (Wildman–Crippen MR) is 91.6 cm³/mol. The normalized spacial score (nSPS) is 22.3. The fraction of sp³-hybridized carbons (Fsp3) is 0.684. The van der Waals surface area contributed by atoms with E-state index in [4.69, 9.17) is 0 Å². The topological polar surface area (TPSA) is 15.3 Å². The molecule has 1 N–H and O–H groups in total. The Morgan fingerprint density at radius 1 is 1.10 bits per heavy atom. The van der Waals surface area contributed by atoms with E-state index in [1.54, 1.807) is 0 Å². The molecule has 0 aromatic heterocycles. The molecule has 0 saturated carbocycles. The maximum absolute atomic E-state index is 3.81. The molecule has 1 aliphatic heterocycles. The lowest BCUT2D eigenvalue weighted by Gasteiger charge is -2.50. The van der Waals surface area contributed by atoms with Crippen LogP contribution in [0.4, 0.5) is 0 Å². The third-order valence-corrected chi connectivity index (χ3v) is 5.30. The zero-order valence-corrected chi connectivity index (χ0v) is 14.1. The van der Waals surface area contributed by atoms with Crippen LogP contribution in [0.5, 0.6) is 0 Å². The highest BCUT2D eigenvalue weighted by Gasteiger charge is 2.38. The lowest BCUT2D eigenvalue weighted by molar-refractivity contribution is 0.0298. The monoisotopic (exact) mass is 288 g/mol. The van der Waals surface area contributed by atoms with Crippen LogP contribution in [0.3, 0.4) is 0 Å². The summed E-state index contributed by atoms with van der Waals surface area (Å²) in [5, 5.41) is 3.81. The molecule has 118 valence electrons. The minimum atomic E-state index is 0.360. The van der Waals surface area contributed by atoms with Crippen molar-refractivity contribution in [3.8, 4) is 0 Å². The van der Waals surface area contributed by atoms with Crippen molar-refractivity contribution in [3.05, 3.63) is 35.9 Å². The van der Waals surface area contributed by atoms with Crippen LogP contribution in [0, 0.1) is 0 Å². The van der Waals surface area contributed by atoms with Gasteiger partial charge in [0.25, 0.3) is 0 Å². The summed E-state index contributed by atoms with van der Waals surface area (Å²) < 4.78 is 0. The summed E-state index contributed by atoms with van der Waals surface area (Å²) in [6.07, 6.45) is 6.47. The van der Waals surface area contributed by atoms with E-state index in [-0.39, 0.29) is 0 Å². The molecule has 1 aromatic carbocycles. The molecule has 0 aliphatic carbocycles. The molecule has 1 fully saturated rings. The van der Waals surface area contributed by atoms with Crippen molar-refractivity contribution in [1.82, 2.24) is 10.2 Å². The van der Waals surface area contributed by atoms with Gasteiger partial charge in [-0.15, -0.1) is 0 Å². The first-order valence-corrected chi connectivity index (χ1v) is 8.79. The van der Waals surface area contributed by atoms with E-state index < -0.39 is 0 Å². The van der Waals surface area contributed by atoms with Gasteiger partial charge in [-0.05, 0) is 31.4 Å². The quantitative estimate of drug-likeness (QED) is 0.749. The molecule has 1 aromatic rings. The van der Waals surface area contributed by atoms with E-state index in [1.807, 2.05) is 0 Å². The van der Waals surface area contributed by atoms with Crippen molar-refractivity contribution in [2.45, 2.75) is 64.5 Å². The summed E-state index contributed by atoms with van der Waals surface area (Å²) in [7, 11) is 0. The Kier molecular flexibility index (Phi) is 6.25. The van der Waals surface area contributed by atoms with Gasteiger partial charge < -0.3 is 5.32 Å². The maximum atomic E-state index is 3.81. The Morgan fingerprint density at radius 3 is 2.43 bits per heavy atom. The summed E-state index contributed by atoms with van der Waals surface area (Å²) in [5.41, 5.74) is 1.79. The third kappa shape index (κ3) is 3.87. The van der Waals surface area contributed by atoms with Crippen LogP contribution < -0.4 is 5.32 Å². The van der Waals surface area contributed by atoms with Crippen molar-refractivity contribution in [2.75, 3.05) is 19.6 Å². The lowest BCUT2D eigenvalue weighted by Crippen LogP contribution is -2.61. The standard InChI is InChI=1S/C19H32N2/c1-4-7-11-14-21-15-18(17-12-9-8-10-13-17)20-16-19(21,5-2)6-3/h8-10,12-13,18,20H,4-7,11,14-16H2,1-3H3. The largest absolute Gasteiger partial charge is 0.307 e. The average Bonchev–Trinajstić information content (AvgIpc) is 2.56. The van der Waals surface area contributed by atoms with E-state index in [1.165, 1.54) is 44.2 Å². The van der Waals surface area contributed by atoms with Gasteiger partial charge in [-0.25, -0.2) is 0 Å². The lowest BCUT2D eigenvalue weighted by atomic mass is 9.86. The molecule has 1 unspecified atom stereocenters. The average molecular weight is 288 g/mol. The number of hydrogen-bond donors (Lipinski definition) is 1. The summed E-state index contributed by atoms with van der Waals surface area (Å²) in [4.78, 5) is 2.77. The van der Waals surface area contributed by atoms with Crippen molar-refractivity contribution in [3.63, 3.8) is 0 Å². The molecule has 2 heteroatoms. The van der Waals surface area contributed by atoms with Gasteiger partial charge in [0.15, 0.2) is 0 Å². The summed E-state index contributed by atoms with van der Waals surface area (Å²) in [6, 6.07) is 11.4. The van der Waals surface area contributed by atoms with E-state index in [0.717, 1.165) is 13.1 Å². The molecule has 1 heterocycles. The number of nitrogens with zero attached hydrogens (tertiary/aromatic N) is 1. The Morgan fingerprint density at radius 2 is 1.81 bits per heavy atom. The molecule has 0 bridgehead atoms. The SMILES string of the molecule is CCCCCN1CC(c2ccccc2)NCC1(CC)CC. The van der Waals surface area contributed by atoms with Crippen LogP contribution in [0.2, 0.25) is 0 Å². The Hall–Kier alpha value is -0.860. The van der Waals surface area contributed by atoms with Crippen molar-refractivity contribution in [1.29, 1.82) is 0 Å². The van der Waals surface area contributed by atoms with Crippen LogP contribution in [-0.2, 0) is 0 Å². The predicted octanol–water partition coefficient (Wildman–Crippen LogP) is 4.38. The summed E-state index contributed by atoms with van der Waals surface area (Å²) >= 11 is 0. The molecule has 2 rings (SSSR count). The first-order valence-electron chi connectivity index (χ1n) is 8.79. The Labute approximate surface area is 130 Å². The Bertz CT molecular complexity index is 397. The maximum Gasteiger partial charge on any atom is 0.0450 e. The first-order chi connectivity index (χ1) is 10.3. The van der Waals surface area contributed by atoms with Crippen molar-refractivity contribution >= 4 is 0 Å². The second-order valence-corrected chi connectivity index (χ2v) is 6.43. The molecule has 21 heavy (non-hydrogen) atoms. The molecule has 1 saturated heterocycles. The van der Waals surface area contributed by atoms with Gasteiger partial charge in [0.2, 0.25) is 0 Å². The number of piperazine rings is 1. The smallest absolute Gasteiger partial charge is 0.0450 e. The third-order valence-electron chi connectivity index (χ3n) is 5.30. The second-order valence-electron chi connectivity index (χ2n) is 6.43. The number of benzene rings is 1. The van der Waals surface area contributed by atoms with E-state index in [2.05, 4.69) is 61.3 Å². The molecule has 1 atom stereocenters. The highest BCUT2D eigenvalue weighted by atomic mass is 15.3. The van der Waals surface area contributed by atoms with Crippen LogP contribution in [0.25, 0.3) is 0 Å². The zero-order valence-electron chi connectivity index (χ0n) is 14.1. The molecule has 0 spiro atoms. The van der Waals surface area contributed by atoms with Crippen LogP contribution in [0.1, 0.15) is 64.5 Å². The van der Waals surface area contributed by atoms with E-state index in [0.29, 0.717) is 11.6 Å². The molecular weight excluding hydrogens is 256 g/mol. The number of hydrogen-bond acceptors (Lipinski definition) is 2. The fourth-order valence-electron chi connectivity index (χ4n) is 3.64. The summed E-state index contributed by atoms with van der Waals surface area (Å²) in [5.74, 6) is 0. The van der Waals surface area contributed by atoms with Gasteiger partial charge in [-0.1, -0.05) is 63.9 Å². The van der Waals surface area contributed by atoms with Crippen LogP contribution >= 0.6 is 0 Å². The minimum Gasteiger partial charge on any atom is -0.307 e. The van der Waals surface area contributed by atoms with Gasteiger partial charge in [-0.3, -0.25) is 4.90 Å². The highest BCUT2D eigenvalue weighted by Crippen LogP contribution is 2.31. The fourth-order valence-corrected chi connectivity index (χ4v) is 3.64. The molecule has 0 amide bonds. The van der Waals surface area contributed by atoms with E-state index >= 15 is 0 Å². The van der Waals surface area contributed by atoms with Gasteiger partial charge in [-0.2, -0.15) is 0 Å². The van der Waals surface area contributed by atoms with Gasteiger partial charge in [0.05, 0.1) is 0 Å². The van der Waals surface area contributed by atoms with Crippen LogP contribution in [0.15, 0.2) is 30.3 Å². The number of nitrogens with one attached hydrogen (secondary N) is 1. The van der Waals surface area contributed by atoms with E-state index in [9.17, 15) is 0 Å². The van der Waals surface area contributed by atoms with Crippen molar-refractivity contribution in [2.24, 2.45) is 0 Å². The van der Waals surface area contributed by atoms with Crippen LogP contribution in [-0.4, -0.2) is 30.1 Å². The molecule has 2 nitrogen and oxygen atoms in total. The molecule has 0 radical (unpaired) electrons. The van der Waals surface area contributed by atoms with Gasteiger partial charge in [0.1, 0.15) is 0 Å². The number of unbranched alkanes of at least 4 members (excludes halogenated alkanes) is 2. The highest BCUT2D eigenvalue weighted by molar-refractivity contribution is 5.20. The first kappa shape index (κ1) is 16.5. The van der Waals surface area contributed by atoms with Crippen molar-refractivity contribution < 1.29 is 0 Å². The zero-order chi connectivity index (χ0) is 15.1.